The number of imidazole rings is 2. The first kappa shape index (κ1) is 40.3. The Morgan fingerprint density at radius 2 is 1.21 bits per heavy atom. The monoisotopic (exact) mass is 774 g/mol. The van der Waals surface area contributed by atoms with Gasteiger partial charge in [0.25, 0.3) is 0 Å². The van der Waals surface area contributed by atoms with Gasteiger partial charge in [0.1, 0.15) is 29.8 Å². The van der Waals surface area contributed by atoms with Crippen LogP contribution in [-0.4, -0.2) is 93.1 Å². The third-order valence-electron chi connectivity index (χ3n) is 10.3. The van der Waals surface area contributed by atoms with Crippen LogP contribution in [0.4, 0.5) is 9.59 Å². The molecular weight excluding hydrogens is 725 g/mol. The van der Waals surface area contributed by atoms with Crippen molar-refractivity contribution in [3.05, 3.63) is 95.3 Å². The van der Waals surface area contributed by atoms with Crippen LogP contribution >= 0.6 is 0 Å². The molecule has 6 rings (SSSR count). The number of carbonyl (C=O) groups is 4. The highest BCUT2D eigenvalue weighted by Gasteiger charge is 2.38. The van der Waals surface area contributed by atoms with E-state index in [2.05, 4.69) is 42.4 Å². The van der Waals surface area contributed by atoms with Crippen molar-refractivity contribution in [3.63, 3.8) is 0 Å². The largest absolute Gasteiger partial charge is 0.453 e. The van der Waals surface area contributed by atoms with Gasteiger partial charge in [-0.2, -0.15) is 0 Å². The Bertz CT molecular complexity index is 2180. The lowest BCUT2D eigenvalue weighted by Gasteiger charge is -2.30. The smallest absolute Gasteiger partial charge is 0.407 e. The molecule has 4 aromatic rings. The Morgan fingerprint density at radius 3 is 1.70 bits per heavy atom. The van der Waals surface area contributed by atoms with Crippen molar-refractivity contribution in [1.29, 1.82) is 0 Å². The lowest BCUT2D eigenvalue weighted by Crippen LogP contribution is -2.51. The van der Waals surface area contributed by atoms with Crippen molar-refractivity contribution in [2.75, 3.05) is 27.3 Å². The Kier molecular flexibility index (Phi) is 12.5. The molecular formula is C43H50N8O6. The highest BCUT2D eigenvalue weighted by atomic mass is 16.5. The molecule has 4 atom stereocenters. The fraction of sp³-hybridized carbons (Fsp3) is 0.395. The van der Waals surface area contributed by atoms with Gasteiger partial charge in [-0.05, 0) is 67.0 Å². The second kappa shape index (κ2) is 17.6. The molecule has 14 nitrogen and oxygen atoms in total. The Balaban J connectivity index is 1.09. The van der Waals surface area contributed by atoms with Gasteiger partial charge in [-0.15, -0.1) is 0 Å². The fourth-order valence-corrected chi connectivity index (χ4v) is 7.19. The van der Waals surface area contributed by atoms with Gasteiger partial charge in [0, 0.05) is 24.2 Å². The van der Waals surface area contributed by atoms with E-state index in [0.717, 1.165) is 52.1 Å². The van der Waals surface area contributed by atoms with Crippen molar-refractivity contribution in [3.8, 4) is 34.4 Å². The standard InChI is InChI=1S/C43H50N8O6/c1-25(2)36(48-42(54)56-6)40(52)50-20-8-9-34(50)38-44-22-32(46-38)30-16-12-28(13-17-30)10-11-29-14-18-31(19-15-29)33-23-45-39(47-33)35-21-27(5)24-51(35)41(53)37(26(3)4)49-43(55)57-7/h12-19,21-23,25-26,34-37H,8-9,20,24H2,1-7H3,(H,44,46)(H,45,47)(H,48,54)(H,49,55). The first-order chi connectivity index (χ1) is 27.4. The molecule has 2 aromatic heterocycles. The summed E-state index contributed by atoms with van der Waals surface area (Å²) in [4.78, 5) is 70.6. The van der Waals surface area contributed by atoms with E-state index in [1.165, 1.54) is 14.2 Å². The maximum absolute atomic E-state index is 13.6. The molecule has 4 amide bonds. The highest BCUT2D eigenvalue weighted by Crippen LogP contribution is 2.34. The number of alkyl carbamates (subject to hydrolysis) is 2. The van der Waals surface area contributed by atoms with E-state index in [1.807, 2.05) is 89.2 Å². The lowest BCUT2D eigenvalue weighted by molar-refractivity contribution is -0.136. The van der Waals surface area contributed by atoms with E-state index in [-0.39, 0.29) is 29.7 Å². The molecule has 2 aromatic carbocycles. The third kappa shape index (κ3) is 9.20. The average molecular weight is 775 g/mol. The second-order valence-electron chi connectivity index (χ2n) is 15.1. The minimum atomic E-state index is -0.735. The van der Waals surface area contributed by atoms with Crippen LogP contribution in [-0.2, 0) is 19.1 Å². The Hall–Kier alpha value is -6.36. The van der Waals surface area contributed by atoms with Gasteiger partial charge in [-0.25, -0.2) is 19.6 Å². The topological polar surface area (TPSA) is 175 Å². The van der Waals surface area contributed by atoms with Crippen molar-refractivity contribution < 1.29 is 28.7 Å². The van der Waals surface area contributed by atoms with Crippen molar-refractivity contribution >= 4 is 24.0 Å². The zero-order valence-electron chi connectivity index (χ0n) is 33.4. The average Bonchev–Trinajstić information content (AvgIpc) is 4.04. The molecule has 4 N–H and O–H groups in total. The molecule has 0 aliphatic carbocycles. The van der Waals surface area contributed by atoms with Crippen LogP contribution < -0.4 is 10.6 Å². The molecule has 0 spiro atoms. The summed E-state index contributed by atoms with van der Waals surface area (Å²) in [5, 5.41) is 5.36. The number of hydrogen-bond donors (Lipinski definition) is 4. The minimum Gasteiger partial charge on any atom is -0.453 e. The van der Waals surface area contributed by atoms with Gasteiger partial charge in [0.15, 0.2) is 0 Å². The maximum atomic E-state index is 13.6. The maximum Gasteiger partial charge on any atom is 0.407 e. The van der Waals surface area contributed by atoms with Gasteiger partial charge in [-0.3, -0.25) is 9.59 Å². The van der Waals surface area contributed by atoms with Crippen molar-refractivity contribution in [2.45, 2.75) is 71.6 Å². The molecule has 1 saturated heterocycles. The molecule has 0 radical (unpaired) electrons. The van der Waals surface area contributed by atoms with Crippen LogP contribution in [0.15, 0.2) is 72.6 Å². The Labute approximate surface area is 332 Å². The number of likely N-dealkylation sites (tertiary alicyclic amines) is 1. The van der Waals surface area contributed by atoms with Crippen LogP contribution in [0.25, 0.3) is 22.5 Å². The molecule has 1 fully saturated rings. The van der Waals surface area contributed by atoms with Crippen LogP contribution in [0.5, 0.6) is 0 Å². The minimum absolute atomic E-state index is 0.109. The predicted molar refractivity (Wildman–Crippen MR) is 214 cm³/mol. The van der Waals surface area contributed by atoms with Gasteiger partial charge in [0.2, 0.25) is 11.8 Å². The second-order valence-corrected chi connectivity index (χ2v) is 15.1. The molecule has 2 aliphatic heterocycles. The number of carbonyl (C=O) groups excluding carboxylic acids is 4. The Morgan fingerprint density at radius 1 is 0.737 bits per heavy atom. The summed E-state index contributed by atoms with van der Waals surface area (Å²) >= 11 is 0. The van der Waals surface area contributed by atoms with E-state index in [1.54, 1.807) is 22.2 Å². The first-order valence-electron chi connectivity index (χ1n) is 19.2. The van der Waals surface area contributed by atoms with Gasteiger partial charge < -0.3 is 39.9 Å². The SMILES string of the molecule is COC(=O)NC(C(=O)N1CC(C)=CC1c1ncc(-c2ccc(C#Cc3ccc(-c4cnc(C5CCCN5C(=O)C(NC(=O)OC)C(C)C)[nH]4)cc3)cc2)[nH]1)C(C)C. The first-order valence-corrected chi connectivity index (χ1v) is 19.2. The third-order valence-corrected chi connectivity index (χ3v) is 10.3. The number of ether oxygens (including phenoxy) is 2. The summed E-state index contributed by atoms with van der Waals surface area (Å²) in [6.07, 6.45) is 5.89. The summed E-state index contributed by atoms with van der Waals surface area (Å²) in [7, 11) is 2.56. The highest BCUT2D eigenvalue weighted by molar-refractivity contribution is 5.87. The quantitative estimate of drug-likeness (QED) is 0.110. The van der Waals surface area contributed by atoms with E-state index in [4.69, 9.17) is 9.47 Å². The van der Waals surface area contributed by atoms with Gasteiger partial charge in [-0.1, -0.05) is 75.5 Å². The van der Waals surface area contributed by atoms with Crippen LogP contribution in [0.3, 0.4) is 0 Å². The van der Waals surface area contributed by atoms with E-state index >= 15 is 0 Å². The summed E-state index contributed by atoms with van der Waals surface area (Å²) < 4.78 is 9.50. The van der Waals surface area contributed by atoms with Crippen LogP contribution in [0.2, 0.25) is 0 Å². The number of H-pyrrole nitrogens is 2. The zero-order chi connectivity index (χ0) is 40.8. The van der Waals surface area contributed by atoms with Crippen LogP contribution in [0.1, 0.15) is 82.3 Å². The summed E-state index contributed by atoms with van der Waals surface area (Å²) in [5.74, 6) is 7.23. The summed E-state index contributed by atoms with van der Waals surface area (Å²) in [5.41, 5.74) is 6.25. The van der Waals surface area contributed by atoms with Gasteiger partial charge in [0.05, 0.1) is 44.0 Å². The number of benzene rings is 2. The summed E-state index contributed by atoms with van der Waals surface area (Å²) in [6.45, 7) is 10.5. The number of nitrogens with zero attached hydrogens (tertiary/aromatic N) is 4. The molecule has 4 unspecified atom stereocenters. The normalized spacial score (nSPS) is 17.5. The van der Waals surface area contributed by atoms with E-state index in [9.17, 15) is 19.2 Å². The molecule has 57 heavy (non-hydrogen) atoms. The molecule has 2 aliphatic rings. The number of aromatic amines is 2. The fourth-order valence-electron chi connectivity index (χ4n) is 7.19. The number of nitrogens with one attached hydrogen (secondary N) is 4. The van der Waals surface area contributed by atoms with Crippen LogP contribution in [0, 0.1) is 23.7 Å². The number of amides is 4. The van der Waals surface area contributed by atoms with Crippen molar-refractivity contribution in [1.82, 2.24) is 40.4 Å². The predicted octanol–water partition coefficient (Wildman–Crippen LogP) is 6.12. The molecule has 4 heterocycles. The number of rotatable bonds is 10. The summed E-state index contributed by atoms with van der Waals surface area (Å²) in [6, 6.07) is 13.7. The van der Waals surface area contributed by atoms with Gasteiger partial charge >= 0.3 is 12.2 Å². The number of methoxy groups -OCH3 is 2. The molecule has 298 valence electrons. The number of hydrogen-bond acceptors (Lipinski definition) is 8. The molecule has 0 bridgehead atoms. The lowest BCUT2D eigenvalue weighted by atomic mass is 10.0. The zero-order valence-corrected chi connectivity index (χ0v) is 33.4. The molecule has 14 heteroatoms. The molecule has 0 saturated carbocycles. The van der Waals surface area contributed by atoms with Crippen molar-refractivity contribution in [2.24, 2.45) is 11.8 Å². The number of aromatic nitrogens is 4. The van der Waals surface area contributed by atoms with E-state index < -0.39 is 30.3 Å². The van der Waals surface area contributed by atoms with E-state index in [0.29, 0.717) is 24.7 Å².